The van der Waals surface area contributed by atoms with Crippen molar-refractivity contribution < 1.29 is 0 Å². The van der Waals surface area contributed by atoms with E-state index in [-0.39, 0.29) is 12.1 Å². The molecule has 2 aliphatic heterocycles. The highest BCUT2D eigenvalue weighted by molar-refractivity contribution is 6.10. The fourth-order valence-electron chi connectivity index (χ4n) is 6.25. The summed E-state index contributed by atoms with van der Waals surface area (Å²) in [6, 6.07) is 44.0. The van der Waals surface area contributed by atoms with Crippen LogP contribution in [0.3, 0.4) is 0 Å². The average molecular weight is 488 g/mol. The Bertz CT molecular complexity index is 1880. The number of aliphatic imine (C=N–C) groups is 1. The lowest BCUT2D eigenvalue weighted by molar-refractivity contribution is 0.667. The van der Waals surface area contributed by atoms with Crippen molar-refractivity contribution in [2.24, 2.45) is 4.99 Å². The van der Waals surface area contributed by atoms with E-state index in [1.807, 2.05) is 6.21 Å². The van der Waals surface area contributed by atoms with Crippen LogP contribution in [0.15, 0.2) is 138 Å². The van der Waals surface area contributed by atoms with Gasteiger partial charge in [-0.3, -0.25) is 4.99 Å². The Morgan fingerprint density at radius 1 is 0.579 bits per heavy atom. The minimum Gasteiger partial charge on any atom is -0.332 e. The SMILES string of the molecule is C1=CC2C(N=C1)c1cc(-c3ccc4c(c3)c3ccccc3n4-c3ccccc3)ccc1N2c1ccccc1. The molecule has 180 valence electrons. The van der Waals surface area contributed by atoms with Crippen LogP contribution < -0.4 is 4.90 Å². The summed E-state index contributed by atoms with van der Waals surface area (Å²) in [6.07, 6.45) is 6.28. The molecule has 38 heavy (non-hydrogen) atoms. The molecule has 3 heteroatoms. The fraction of sp³-hybridized carbons (Fsp3) is 0.0571. The number of hydrogen-bond acceptors (Lipinski definition) is 2. The summed E-state index contributed by atoms with van der Waals surface area (Å²) >= 11 is 0. The van der Waals surface area contributed by atoms with E-state index in [0.29, 0.717) is 0 Å². The first-order chi connectivity index (χ1) is 18.9. The van der Waals surface area contributed by atoms with Gasteiger partial charge in [-0.15, -0.1) is 0 Å². The number of rotatable bonds is 3. The van der Waals surface area contributed by atoms with E-state index in [0.717, 1.165) is 0 Å². The van der Waals surface area contributed by atoms with Crippen LogP contribution in [0.5, 0.6) is 0 Å². The quantitative estimate of drug-likeness (QED) is 0.245. The van der Waals surface area contributed by atoms with Gasteiger partial charge < -0.3 is 9.47 Å². The topological polar surface area (TPSA) is 20.5 Å². The highest BCUT2D eigenvalue weighted by Gasteiger charge is 2.38. The molecule has 0 amide bonds. The number of fused-ring (bicyclic) bond motifs is 6. The predicted molar refractivity (Wildman–Crippen MR) is 159 cm³/mol. The van der Waals surface area contributed by atoms with Gasteiger partial charge in [0.25, 0.3) is 0 Å². The van der Waals surface area contributed by atoms with Crippen LogP contribution in [0, 0.1) is 0 Å². The number of para-hydroxylation sites is 3. The van der Waals surface area contributed by atoms with Crippen molar-refractivity contribution in [3.63, 3.8) is 0 Å². The normalized spacial score (nSPS) is 17.7. The monoisotopic (exact) mass is 487 g/mol. The molecule has 2 aliphatic rings. The number of allylic oxidation sites excluding steroid dienone is 1. The summed E-state index contributed by atoms with van der Waals surface area (Å²) in [4.78, 5) is 7.34. The number of benzene rings is 5. The lowest BCUT2D eigenvalue weighted by atomic mass is 9.96. The first-order valence-corrected chi connectivity index (χ1v) is 13.1. The van der Waals surface area contributed by atoms with E-state index in [2.05, 4.69) is 143 Å². The smallest absolute Gasteiger partial charge is 0.101 e. The fourth-order valence-corrected chi connectivity index (χ4v) is 6.25. The third-order valence-electron chi connectivity index (χ3n) is 7.92. The maximum Gasteiger partial charge on any atom is 0.101 e. The second kappa shape index (κ2) is 8.32. The molecule has 0 aliphatic carbocycles. The summed E-state index contributed by atoms with van der Waals surface area (Å²) in [5.41, 5.74) is 9.79. The number of aromatic nitrogens is 1. The Balaban J connectivity index is 1.29. The van der Waals surface area contributed by atoms with Gasteiger partial charge in [0.2, 0.25) is 0 Å². The molecule has 0 bridgehead atoms. The van der Waals surface area contributed by atoms with Crippen LogP contribution >= 0.6 is 0 Å². The number of anilines is 2. The zero-order valence-corrected chi connectivity index (χ0v) is 20.8. The third-order valence-corrected chi connectivity index (χ3v) is 7.92. The standard InChI is InChI=1S/C35H25N3/c1-3-10-26(11-4-1)37-31-15-8-7-14-28(31)29-22-24(17-19-32(29)37)25-18-20-33-30(23-25)35-34(16-9-21-36-35)38(33)27-12-5-2-6-13-27/h1-23,34-35H. The van der Waals surface area contributed by atoms with Crippen LogP contribution in [0.4, 0.5) is 11.4 Å². The van der Waals surface area contributed by atoms with Crippen molar-refractivity contribution in [1.82, 2.24) is 4.57 Å². The van der Waals surface area contributed by atoms with Gasteiger partial charge in [-0.05, 0) is 71.8 Å². The van der Waals surface area contributed by atoms with Crippen molar-refractivity contribution in [3.8, 4) is 16.8 Å². The molecular weight excluding hydrogens is 462 g/mol. The molecule has 0 saturated carbocycles. The second-order valence-corrected chi connectivity index (χ2v) is 10.0. The Morgan fingerprint density at radius 3 is 2.11 bits per heavy atom. The van der Waals surface area contributed by atoms with E-state index < -0.39 is 0 Å². The van der Waals surface area contributed by atoms with Gasteiger partial charge in [-0.2, -0.15) is 0 Å². The molecule has 5 aromatic carbocycles. The van der Waals surface area contributed by atoms with Crippen molar-refractivity contribution in [3.05, 3.63) is 139 Å². The van der Waals surface area contributed by atoms with Crippen molar-refractivity contribution >= 4 is 39.4 Å². The number of dihydropyridines is 1. The zero-order valence-electron chi connectivity index (χ0n) is 20.8. The molecule has 1 aromatic heterocycles. The Labute approximate surface area is 221 Å². The summed E-state index contributed by atoms with van der Waals surface area (Å²) < 4.78 is 2.36. The van der Waals surface area contributed by atoms with Gasteiger partial charge in [0.15, 0.2) is 0 Å². The average Bonchev–Trinajstić information content (AvgIpc) is 3.50. The second-order valence-electron chi connectivity index (χ2n) is 10.0. The van der Waals surface area contributed by atoms with Crippen LogP contribution in [-0.2, 0) is 0 Å². The summed E-state index contributed by atoms with van der Waals surface area (Å²) in [5, 5.41) is 2.54. The Morgan fingerprint density at radius 2 is 1.26 bits per heavy atom. The predicted octanol–water partition coefficient (Wildman–Crippen LogP) is 8.65. The highest BCUT2D eigenvalue weighted by Crippen LogP contribution is 2.48. The van der Waals surface area contributed by atoms with Crippen molar-refractivity contribution in [1.29, 1.82) is 0 Å². The van der Waals surface area contributed by atoms with Gasteiger partial charge in [-0.1, -0.05) is 72.8 Å². The lowest BCUT2D eigenvalue weighted by Crippen LogP contribution is -2.28. The summed E-state index contributed by atoms with van der Waals surface area (Å²) in [7, 11) is 0. The highest BCUT2D eigenvalue weighted by atomic mass is 15.2. The number of nitrogens with zero attached hydrogens (tertiary/aromatic N) is 3. The van der Waals surface area contributed by atoms with E-state index in [4.69, 9.17) is 4.99 Å². The van der Waals surface area contributed by atoms with Gasteiger partial charge in [-0.25, -0.2) is 0 Å². The molecule has 2 unspecified atom stereocenters. The molecule has 2 atom stereocenters. The van der Waals surface area contributed by atoms with E-state index in [1.165, 1.54) is 55.6 Å². The lowest BCUT2D eigenvalue weighted by Gasteiger charge is -2.28. The van der Waals surface area contributed by atoms with E-state index in [1.54, 1.807) is 0 Å². The Kier molecular flexibility index (Phi) is 4.65. The minimum atomic E-state index is 0.0962. The molecule has 0 N–H and O–H groups in total. The largest absolute Gasteiger partial charge is 0.332 e. The molecule has 0 radical (unpaired) electrons. The molecule has 0 spiro atoms. The van der Waals surface area contributed by atoms with Gasteiger partial charge in [0.05, 0.1) is 17.1 Å². The van der Waals surface area contributed by atoms with Gasteiger partial charge in [0.1, 0.15) is 6.04 Å². The number of hydrogen-bond donors (Lipinski definition) is 0. The van der Waals surface area contributed by atoms with E-state index in [9.17, 15) is 0 Å². The minimum absolute atomic E-state index is 0.0962. The molecule has 3 heterocycles. The van der Waals surface area contributed by atoms with Crippen LogP contribution in [0.25, 0.3) is 38.6 Å². The van der Waals surface area contributed by atoms with Crippen LogP contribution in [0.2, 0.25) is 0 Å². The first-order valence-electron chi connectivity index (χ1n) is 13.1. The molecule has 0 fully saturated rings. The molecule has 3 nitrogen and oxygen atoms in total. The zero-order chi connectivity index (χ0) is 25.1. The molecule has 8 rings (SSSR count). The first kappa shape index (κ1) is 21.2. The van der Waals surface area contributed by atoms with Crippen LogP contribution in [0.1, 0.15) is 11.6 Å². The molecule has 6 aromatic rings. The van der Waals surface area contributed by atoms with Gasteiger partial charge in [0, 0.05) is 39.6 Å². The summed E-state index contributed by atoms with van der Waals surface area (Å²) in [5.74, 6) is 0. The van der Waals surface area contributed by atoms with Crippen molar-refractivity contribution in [2.75, 3.05) is 4.90 Å². The van der Waals surface area contributed by atoms with Crippen molar-refractivity contribution in [2.45, 2.75) is 12.1 Å². The van der Waals surface area contributed by atoms with E-state index >= 15 is 0 Å². The third kappa shape index (κ3) is 3.12. The summed E-state index contributed by atoms with van der Waals surface area (Å²) in [6.45, 7) is 0. The molecular formula is C35H25N3. The van der Waals surface area contributed by atoms with Crippen LogP contribution in [-0.4, -0.2) is 16.8 Å². The maximum absolute atomic E-state index is 4.91. The molecule has 0 saturated heterocycles. The van der Waals surface area contributed by atoms with Gasteiger partial charge >= 0.3 is 0 Å². The Hall–Kier alpha value is -4.89. The maximum atomic E-state index is 4.91.